The molecule has 0 saturated carbocycles. The van der Waals surface area contributed by atoms with E-state index in [1.165, 1.54) is 12.1 Å². The molecule has 0 saturated heterocycles. The lowest BCUT2D eigenvalue weighted by Crippen LogP contribution is -2.32. The maximum absolute atomic E-state index is 12.9. The SMILES string of the molecule is C[C@H](NC[C@H](O)COCc1ccccc1Cl)c1ccc(F)cc1. The summed E-state index contributed by atoms with van der Waals surface area (Å²) in [4.78, 5) is 0. The maximum atomic E-state index is 12.9. The van der Waals surface area contributed by atoms with Crippen molar-refractivity contribution in [3.63, 3.8) is 0 Å². The van der Waals surface area contributed by atoms with Crippen LogP contribution in [0.25, 0.3) is 0 Å². The molecule has 0 aliphatic rings. The van der Waals surface area contributed by atoms with Crippen LogP contribution in [0.4, 0.5) is 4.39 Å². The number of benzene rings is 2. The zero-order valence-electron chi connectivity index (χ0n) is 13.0. The monoisotopic (exact) mass is 337 g/mol. The molecule has 0 aliphatic heterocycles. The molecule has 124 valence electrons. The molecule has 2 atom stereocenters. The first-order valence-electron chi connectivity index (χ1n) is 7.54. The molecule has 0 unspecified atom stereocenters. The third-order valence-corrected chi connectivity index (χ3v) is 3.92. The highest BCUT2D eigenvalue weighted by molar-refractivity contribution is 6.31. The summed E-state index contributed by atoms with van der Waals surface area (Å²) >= 11 is 6.04. The summed E-state index contributed by atoms with van der Waals surface area (Å²) < 4.78 is 18.4. The average molecular weight is 338 g/mol. The summed E-state index contributed by atoms with van der Waals surface area (Å²) in [7, 11) is 0. The zero-order chi connectivity index (χ0) is 16.7. The fourth-order valence-electron chi connectivity index (χ4n) is 2.16. The summed E-state index contributed by atoms with van der Waals surface area (Å²) in [5.41, 5.74) is 1.87. The Bertz CT molecular complexity index is 606. The Kier molecular flexibility index (Phi) is 6.99. The first kappa shape index (κ1) is 17.9. The topological polar surface area (TPSA) is 41.5 Å². The third-order valence-electron chi connectivity index (χ3n) is 3.56. The van der Waals surface area contributed by atoms with Gasteiger partial charge in [-0.3, -0.25) is 0 Å². The van der Waals surface area contributed by atoms with Crippen LogP contribution in [0.15, 0.2) is 48.5 Å². The highest BCUT2D eigenvalue weighted by Crippen LogP contribution is 2.16. The van der Waals surface area contributed by atoms with Crippen LogP contribution in [0.5, 0.6) is 0 Å². The minimum atomic E-state index is -0.625. The first-order valence-corrected chi connectivity index (χ1v) is 7.92. The van der Waals surface area contributed by atoms with E-state index in [-0.39, 0.29) is 18.5 Å². The standard InChI is InChI=1S/C18H21ClFNO2/c1-13(14-6-8-16(20)9-7-14)21-10-17(22)12-23-11-15-4-2-3-5-18(15)19/h2-9,13,17,21-22H,10-12H2,1H3/t13-,17-/m0/s1. The van der Waals surface area contributed by atoms with Crippen LogP contribution in [-0.2, 0) is 11.3 Å². The number of hydrogen-bond donors (Lipinski definition) is 2. The van der Waals surface area contributed by atoms with Crippen LogP contribution in [0.3, 0.4) is 0 Å². The molecular formula is C18H21ClFNO2. The first-order chi connectivity index (χ1) is 11.1. The number of nitrogens with one attached hydrogen (secondary N) is 1. The highest BCUT2D eigenvalue weighted by atomic mass is 35.5. The smallest absolute Gasteiger partial charge is 0.123 e. The Morgan fingerprint density at radius 3 is 2.57 bits per heavy atom. The molecule has 2 aromatic rings. The van der Waals surface area contributed by atoms with Gasteiger partial charge in [0.2, 0.25) is 0 Å². The molecule has 0 fully saturated rings. The van der Waals surface area contributed by atoms with Crippen LogP contribution < -0.4 is 5.32 Å². The van der Waals surface area contributed by atoms with Crippen molar-refractivity contribution in [1.29, 1.82) is 0 Å². The van der Waals surface area contributed by atoms with Gasteiger partial charge in [-0.15, -0.1) is 0 Å². The van der Waals surface area contributed by atoms with Crippen molar-refractivity contribution in [2.45, 2.75) is 25.7 Å². The van der Waals surface area contributed by atoms with E-state index < -0.39 is 6.10 Å². The molecule has 0 heterocycles. The lowest BCUT2D eigenvalue weighted by atomic mass is 10.1. The van der Waals surface area contributed by atoms with Gasteiger partial charge in [-0.1, -0.05) is 41.9 Å². The van der Waals surface area contributed by atoms with Crippen molar-refractivity contribution < 1.29 is 14.2 Å². The molecule has 0 spiro atoms. The van der Waals surface area contributed by atoms with Gasteiger partial charge in [-0.25, -0.2) is 4.39 Å². The van der Waals surface area contributed by atoms with E-state index in [1.807, 2.05) is 31.2 Å². The zero-order valence-corrected chi connectivity index (χ0v) is 13.8. The number of aliphatic hydroxyl groups is 1. The van der Waals surface area contributed by atoms with E-state index in [0.29, 0.717) is 18.2 Å². The predicted octanol–water partition coefficient (Wildman–Crippen LogP) is 3.71. The Balaban J connectivity index is 1.69. The highest BCUT2D eigenvalue weighted by Gasteiger charge is 2.09. The Morgan fingerprint density at radius 1 is 1.17 bits per heavy atom. The molecule has 3 nitrogen and oxygen atoms in total. The lowest BCUT2D eigenvalue weighted by Gasteiger charge is -2.18. The van der Waals surface area contributed by atoms with Gasteiger partial charge < -0.3 is 15.2 Å². The van der Waals surface area contributed by atoms with Gasteiger partial charge in [-0.05, 0) is 36.2 Å². The van der Waals surface area contributed by atoms with E-state index in [4.69, 9.17) is 16.3 Å². The summed E-state index contributed by atoms with van der Waals surface area (Å²) in [5, 5.41) is 13.8. The van der Waals surface area contributed by atoms with E-state index in [2.05, 4.69) is 5.32 Å². The van der Waals surface area contributed by atoms with E-state index in [9.17, 15) is 9.50 Å². The van der Waals surface area contributed by atoms with Gasteiger partial charge in [-0.2, -0.15) is 0 Å². The molecule has 2 aromatic carbocycles. The van der Waals surface area contributed by atoms with Crippen LogP contribution in [0.2, 0.25) is 5.02 Å². The van der Waals surface area contributed by atoms with Crippen LogP contribution in [-0.4, -0.2) is 24.4 Å². The van der Waals surface area contributed by atoms with Gasteiger partial charge in [0.25, 0.3) is 0 Å². The van der Waals surface area contributed by atoms with Crippen molar-refractivity contribution >= 4 is 11.6 Å². The molecular weight excluding hydrogens is 317 g/mol. The van der Waals surface area contributed by atoms with Crippen molar-refractivity contribution in [2.24, 2.45) is 0 Å². The van der Waals surface area contributed by atoms with Gasteiger partial charge >= 0.3 is 0 Å². The van der Waals surface area contributed by atoms with Crippen molar-refractivity contribution in [3.05, 3.63) is 70.5 Å². The van der Waals surface area contributed by atoms with E-state index >= 15 is 0 Å². The fourth-order valence-corrected chi connectivity index (χ4v) is 2.35. The molecule has 0 amide bonds. The van der Waals surface area contributed by atoms with Gasteiger partial charge in [0.15, 0.2) is 0 Å². The second-order valence-electron chi connectivity index (χ2n) is 5.44. The summed E-state index contributed by atoms with van der Waals surface area (Å²) in [6.07, 6.45) is -0.625. The molecule has 0 aromatic heterocycles. The average Bonchev–Trinajstić information content (AvgIpc) is 2.55. The number of halogens is 2. The Labute approximate surface area is 141 Å². The molecule has 0 bridgehead atoms. The molecule has 0 aliphatic carbocycles. The van der Waals surface area contributed by atoms with Crippen LogP contribution in [0.1, 0.15) is 24.1 Å². The molecule has 2 N–H and O–H groups in total. The maximum Gasteiger partial charge on any atom is 0.123 e. The minimum Gasteiger partial charge on any atom is -0.389 e. The number of hydrogen-bond acceptors (Lipinski definition) is 3. The molecule has 5 heteroatoms. The number of ether oxygens (including phenoxy) is 1. The van der Waals surface area contributed by atoms with E-state index in [1.54, 1.807) is 12.1 Å². The van der Waals surface area contributed by atoms with E-state index in [0.717, 1.165) is 11.1 Å². The normalized spacial score (nSPS) is 13.7. The second kappa shape index (κ2) is 8.99. The van der Waals surface area contributed by atoms with Gasteiger partial charge in [0.05, 0.1) is 19.3 Å². The van der Waals surface area contributed by atoms with Crippen molar-refractivity contribution in [3.8, 4) is 0 Å². The molecule has 23 heavy (non-hydrogen) atoms. The minimum absolute atomic E-state index is 0.0221. The van der Waals surface area contributed by atoms with Crippen molar-refractivity contribution in [2.75, 3.05) is 13.2 Å². The number of aliphatic hydroxyl groups excluding tert-OH is 1. The largest absolute Gasteiger partial charge is 0.389 e. The van der Waals surface area contributed by atoms with Gasteiger partial charge in [0.1, 0.15) is 5.82 Å². The Morgan fingerprint density at radius 2 is 1.87 bits per heavy atom. The van der Waals surface area contributed by atoms with Crippen LogP contribution in [0, 0.1) is 5.82 Å². The fraction of sp³-hybridized carbons (Fsp3) is 0.333. The predicted molar refractivity (Wildman–Crippen MR) is 89.9 cm³/mol. The lowest BCUT2D eigenvalue weighted by molar-refractivity contribution is 0.0278. The van der Waals surface area contributed by atoms with Crippen LogP contribution >= 0.6 is 11.6 Å². The quantitative estimate of drug-likeness (QED) is 0.771. The second-order valence-corrected chi connectivity index (χ2v) is 5.85. The third kappa shape index (κ3) is 5.92. The summed E-state index contributed by atoms with van der Waals surface area (Å²) in [6, 6.07) is 13.8. The number of rotatable bonds is 8. The molecule has 0 radical (unpaired) electrons. The molecule has 2 rings (SSSR count). The van der Waals surface area contributed by atoms with Crippen molar-refractivity contribution in [1.82, 2.24) is 5.32 Å². The van der Waals surface area contributed by atoms with Gasteiger partial charge in [0, 0.05) is 17.6 Å². The summed E-state index contributed by atoms with van der Waals surface area (Å²) in [6.45, 7) is 2.93. The summed E-state index contributed by atoms with van der Waals surface area (Å²) in [5.74, 6) is -0.256. The Hall–Kier alpha value is -1.46.